The van der Waals surface area contributed by atoms with Crippen LogP contribution in [0.1, 0.15) is 26.5 Å². The predicted octanol–water partition coefficient (Wildman–Crippen LogP) is 3.60. The van der Waals surface area contributed by atoms with Gasteiger partial charge in [0.2, 0.25) is 4.96 Å². The van der Waals surface area contributed by atoms with Crippen molar-refractivity contribution < 1.29 is 0 Å². The van der Waals surface area contributed by atoms with Crippen molar-refractivity contribution in [1.29, 1.82) is 0 Å². The molecule has 1 N–H and O–H groups in total. The average molecular weight is 330 g/mol. The number of H-pyrrole nitrogens is 1. The van der Waals surface area contributed by atoms with Crippen LogP contribution < -0.4 is 0 Å². The molecule has 0 saturated carbocycles. The second kappa shape index (κ2) is 4.72. The van der Waals surface area contributed by atoms with Crippen LogP contribution in [0.25, 0.3) is 27.1 Å². The van der Waals surface area contributed by atoms with Crippen LogP contribution in [0.15, 0.2) is 22.9 Å². The summed E-state index contributed by atoms with van der Waals surface area (Å²) in [5.41, 5.74) is 3.00. The van der Waals surface area contributed by atoms with Gasteiger partial charge >= 0.3 is 0 Å². The third kappa shape index (κ3) is 2.15. The number of nitrogens with zero attached hydrogens (tertiary/aromatic N) is 5. The maximum absolute atomic E-state index is 4.63. The van der Waals surface area contributed by atoms with Crippen LogP contribution in [-0.2, 0) is 5.41 Å². The lowest BCUT2D eigenvalue weighted by atomic mass is 9.92. The van der Waals surface area contributed by atoms with E-state index in [1.807, 2.05) is 16.8 Å². The molecule has 0 aliphatic heterocycles. The van der Waals surface area contributed by atoms with Crippen LogP contribution in [-0.4, -0.2) is 30.0 Å². The Morgan fingerprint density at radius 3 is 2.77 bits per heavy atom. The highest BCUT2D eigenvalue weighted by Crippen LogP contribution is 2.30. The molecule has 0 spiro atoms. The van der Waals surface area contributed by atoms with Crippen LogP contribution in [0.3, 0.4) is 0 Å². The van der Waals surface area contributed by atoms with E-state index < -0.39 is 0 Å². The first-order valence-corrected chi connectivity index (χ1v) is 8.59. The van der Waals surface area contributed by atoms with Gasteiger partial charge in [0.25, 0.3) is 0 Å². The molecule has 22 heavy (non-hydrogen) atoms. The van der Waals surface area contributed by atoms with Crippen molar-refractivity contribution in [2.45, 2.75) is 26.2 Å². The second-order valence-electron chi connectivity index (χ2n) is 6.05. The van der Waals surface area contributed by atoms with Gasteiger partial charge in [0.1, 0.15) is 5.69 Å². The molecule has 0 bridgehead atoms. The van der Waals surface area contributed by atoms with Gasteiger partial charge in [0.15, 0.2) is 10.8 Å². The number of rotatable bonds is 2. The Bertz CT molecular complexity index is 922. The van der Waals surface area contributed by atoms with E-state index in [2.05, 4.69) is 52.3 Å². The Kier molecular flexibility index (Phi) is 2.92. The zero-order chi connectivity index (χ0) is 15.3. The van der Waals surface area contributed by atoms with E-state index >= 15 is 0 Å². The standard InChI is InChI=1S/C14H14N6S2/c1-14(2,3)10-6-9(15-16-10)12-19-20-11(8-4-5-21-7-8)17-18-13(20)22-12/h4-7H,1-3H3,(H,15,16). The van der Waals surface area contributed by atoms with Crippen LogP contribution in [0.5, 0.6) is 0 Å². The van der Waals surface area contributed by atoms with Gasteiger partial charge in [0.05, 0.1) is 0 Å². The lowest BCUT2D eigenvalue weighted by Crippen LogP contribution is -2.11. The Morgan fingerprint density at radius 2 is 2.09 bits per heavy atom. The van der Waals surface area contributed by atoms with Crippen molar-refractivity contribution in [3.63, 3.8) is 0 Å². The summed E-state index contributed by atoms with van der Waals surface area (Å²) in [7, 11) is 0. The van der Waals surface area contributed by atoms with Gasteiger partial charge in [-0.25, -0.2) is 0 Å². The minimum Gasteiger partial charge on any atom is -0.281 e. The highest BCUT2D eigenvalue weighted by atomic mass is 32.1. The van der Waals surface area contributed by atoms with Crippen molar-refractivity contribution in [2.24, 2.45) is 0 Å². The maximum Gasteiger partial charge on any atom is 0.235 e. The third-order valence-electron chi connectivity index (χ3n) is 3.38. The van der Waals surface area contributed by atoms with E-state index in [9.17, 15) is 0 Å². The quantitative estimate of drug-likeness (QED) is 0.609. The number of fused-ring (bicyclic) bond motifs is 1. The fourth-order valence-corrected chi connectivity index (χ4v) is 3.54. The molecule has 4 rings (SSSR count). The molecule has 0 amide bonds. The van der Waals surface area contributed by atoms with Crippen LogP contribution in [0.4, 0.5) is 0 Å². The Morgan fingerprint density at radius 1 is 1.23 bits per heavy atom. The highest BCUT2D eigenvalue weighted by Gasteiger charge is 2.20. The summed E-state index contributed by atoms with van der Waals surface area (Å²) >= 11 is 3.12. The summed E-state index contributed by atoms with van der Waals surface area (Å²) in [6.45, 7) is 6.45. The normalized spacial score (nSPS) is 12.3. The van der Waals surface area contributed by atoms with Gasteiger partial charge in [0, 0.05) is 22.1 Å². The van der Waals surface area contributed by atoms with Gasteiger partial charge in [-0.1, -0.05) is 32.1 Å². The summed E-state index contributed by atoms with van der Waals surface area (Å²) in [4.78, 5) is 0.775. The van der Waals surface area contributed by atoms with Gasteiger partial charge in [-0.3, -0.25) is 5.10 Å². The zero-order valence-corrected chi connectivity index (χ0v) is 14.0. The van der Waals surface area contributed by atoms with Crippen molar-refractivity contribution >= 4 is 27.6 Å². The van der Waals surface area contributed by atoms with Gasteiger partial charge in [-0.2, -0.15) is 26.0 Å². The summed E-state index contributed by atoms with van der Waals surface area (Å²) < 4.78 is 1.79. The SMILES string of the molecule is CC(C)(C)c1cc(-c2nn3c(-c4ccsc4)nnc3s2)n[nH]1. The molecule has 4 heterocycles. The minimum absolute atomic E-state index is 0.0338. The van der Waals surface area contributed by atoms with Crippen molar-refractivity contribution in [1.82, 2.24) is 30.0 Å². The molecule has 6 nitrogen and oxygen atoms in total. The van der Waals surface area contributed by atoms with Gasteiger partial charge in [-0.05, 0) is 17.5 Å². The first-order chi connectivity index (χ1) is 10.5. The van der Waals surface area contributed by atoms with Crippen LogP contribution in [0, 0.1) is 0 Å². The maximum atomic E-state index is 4.63. The summed E-state index contributed by atoms with van der Waals surface area (Å²) in [6, 6.07) is 4.07. The lowest BCUT2D eigenvalue weighted by molar-refractivity contribution is 0.567. The number of hydrogen-bond acceptors (Lipinski definition) is 6. The van der Waals surface area contributed by atoms with E-state index in [-0.39, 0.29) is 5.41 Å². The molecule has 4 aromatic rings. The Hall–Kier alpha value is -2.06. The Labute approximate surface area is 134 Å². The van der Waals surface area contributed by atoms with Crippen LogP contribution >= 0.6 is 22.7 Å². The van der Waals surface area contributed by atoms with E-state index in [1.54, 1.807) is 15.9 Å². The molecule has 0 atom stereocenters. The molecular weight excluding hydrogens is 316 g/mol. The molecular formula is C14H14N6S2. The largest absolute Gasteiger partial charge is 0.281 e. The van der Waals surface area contributed by atoms with Crippen molar-refractivity contribution in [3.05, 3.63) is 28.6 Å². The molecule has 0 radical (unpaired) electrons. The fourth-order valence-electron chi connectivity index (χ4n) is 2.11. The number of aromatic nitrogens is 6. The summed E-state index contributed by atoms with van der Waals surface area (Å²) in [6.07, 6.45) is 0. The second-order valence-corrected chi connectivity index (χ2v) is 7.79. The molecule has 0 fully saturated rings. The van der Waals surface area contributed by atoms with E-state index in [4.69, 9.17) is 0 Å². The lowest BCUT2D eigenvalue weighted by Gasteiger charge is -2.14. The molecule has 8 heteroatoms. The van der Waals surface area contributed by atoms with E-state index in [0.717, 1.165) is 32.7 Å². The number of nitrogens with one attached hydrogen (secondary N) is 1. The topological polar surface area (TPSA) is 71.8 Å². The molecule has 112 valence electrons. The van der Waals surface area contributed by atoms with E-state index in [1.165, 1.54) is 11.3 Å². The molecule has 0 unspecified atom stereocenters. The fraction of sp³-hybridized carbons (Fsp3) is 0.286. The number of hydrogen-bond donors (Lipinski definition) is 1. The monoisotopic (exact) mass is 330 g/mol. The minimum atomic E-state index is 0.0338. The van der Waals surface area contributed by atoms with Gasteiger partial charge < -0.3 is 0 Å². The first kappa shape index (κ1) is 13.6. The highest BCUT2D eigenvalue weighted by molar-refractivity contribution is 7.19. The third-order valence-corrected chi connectivity index (χ3v) is 4.98. The molecule has 0 aromatic carbocycles. The van der Waals surface area contributed by atoms with Gasteiger partial charge in [-0.15, -0.1) is 10.2 Å². The molecule has 4 aromatic heterocycles. The molecule has 0 saturated heterocycles. The summed E-state index contributed by atoms with van der Waals surface area (Å²) in [5.74, 6) is 0.769. The number of thiophene rings is 1. The average Bonchev–Trinajstić information content (AvgIpc) is 3.20. The van der Waals surface area contributed by atoms with Crippen molar-refractivity contribution in [3.8, 4) is 22.1 Å². The summed E-state index contributed by atoms with van der Waals surface area (Å²) in [5, 5.41) is 25.4. The van der Waals surface area contributed by atoms with Crippen molar-refractivity contribution in [2.75, 3.05) is 0 Å². The molecule has 0 aliphatic rings. The number of aromatic amines is 1. The zero-order valence-electron chi connectivity index (χ0n) is 12.4. The first-order valence-electron chi connectivity index (χ1n) is 6.83. The predicted molar refractivity (Wildman–Crippen MR) is 88.3 cm³/mol. The van der Waals surface area contributed by atoms with Crippen LogP contribution in [0.2, 0.25) is 0 Å². The van der Waals surface area contributed by atoms with E-state index in [0.29, 0.717) is 0 Å². The molecule has 0 aliphatic carbocycles. The smallest absolute Gasteiger partial charge is 0.235 e. The Balaban J connectivity index is 1.79.